The SMILES string of the molecule is COC1(C(NN)c2ccc(F)cc2F)CCOCC1. The molecule has 6 heteroatoms. The number of hydrogen-bond donors (Lipinski definition) is 2. The molecule has 0 radical (unpaired) electrons. The molecule has 3 N–H and O–H groups in total. The van der Waals surface area contributed by atoms with Gasteiger partial charge in [0.15, 0.2) is 0 Å². The predicted octanol–water partition coefficient (Wildman–Crippen LogP) is 1.66. The minimum atomic E-state index is -0.647. The highest BCUT2D eigenvalue weighted by Crippen LogP contribution is 2.37. The van der Waals surface area contributed by atoms with E-state index in [0.29, 0.717) is 31.6 Å². The first kappa shape index (κ1) is 14.3. The molecule has 0 aliphatic carbocycles. The molecule has 1 aromatic carbocycles. The highest BCUT2D eigenvalue weighted by Gasteiger charge is 2.42. The second-order valence-corrected chi connectivity index (χ2v) is 4.65. The van der Waals surface area contributed by atoms with Crippen LogP contribution in [0.2, 0.25) is 0 Å². The van der Waals surface area contributed by atoms with E-state index in [1.807, 2.05) is 0 Å². The molecule has 1 saturated heterocycles. The maximum Gasteiger partial charge on any atom is 0.131 e. The van der Waals surface area contributed by atoms with Crippen LogP contribution >= 0.6 is 0 Å². The summed E-state index contributed by atoms with van der Waals surface area (Å²) in [5, 5.41) is 0. The van der Waals surface area contributed by atoms with Crippen molar-refractivity contribution in [3.63, 3.8) is 0 Å². The first-order chi connectivity index (χ1) is 9.13. The van der Waals surface area contributed by atoms with E-state index >= 15 is 0 Å². The molecule has 1 aliphatic rings. The molecule has 1 atom stereocenters. The molecule has 1 aromatic rings. The smallest absolute Gasteiger partial charge is 0.131 e. The Morgan fingerprint density at radius 3 is 2.58 bits per heavy atom. The summed E-state index contributed by atoms with van der Waals surface area (Å²) in [5.41, 5.74) is 2.25. The van der Waals surface area contributed by atoms with Crippen molar-refractivity contribution in [3.05, 3.63) is 35.4 Å². The van der Waals surface area contributed by atoms with Gasteiger partial charge in [0.2, 0.25) is 0 Å². The third-order valence-corrected chi connectivity index (χ3v) is 3.71. The molecule has 1 aliphatic heterocycles. The van der Waals surface area contributed by atoms with Gasteiger partial charge < -0.3 is 9.47 Å². The lowest BCUT2D eigenvalue weighted by Crippen LogP contribution is -2.51. The highest BCUT2D eigenvalue weighted by atomic mass is 19.1. The monoisotopic (exact) mass is 272 g/mol. The molecule has 0 bridgehead atoms. The van der Waals surface area contributed by atoms with Crippen LogP contribution in [-0.2, 0) is 9.47 Å². The summed E-state index contributed by atoms with van der Waals surface area (Å²) in [6, 6.07) is 2.90. The van der Waals surface area contributed by atoms with Crippen LogP contribution < -0.4 is 11.3 Å². The lowest BCUT2D eigenvalue weighted by atomic mass is 9.82. The largest absolute Gasteiger partial charge is 0.381 e. The Morgan fingerprint density at radius 1 is 1.37 bits per heavy atom. The van der Waals surface area contributed by atoms with Gasteiger partial charge in [0.25, 0.3) is 0 Å². The molecular formula is C13H18F2N2O2. The number of hydrazine groups is 1. The van der Waals surface area contributed by atoms with Crippen molar-refractivity contribution in [2.75, 3.05) is 20.3 Å². The van der Waals surface area contributed by atoms with Crippen LogP contribution in [0.3, 0.4) is 0 Å². The van der Waals surface area contributed by atoms with Crippen LogP contribution in [0.1, 0.15) is 24.4 Å². The maximum atomic E-state index is 13.9. The Morgan fingerprint density at radius 2 is 2.05 bits per heavy atom. The average molecular weight is 272 g/mol. The zero-order valence-corrected chi connectivity index (χ0v) is 10.8. The van der Waals surface area contributed by atoms with E-state index in [9.17, 15) is 8.78 Å². The fourth-order valence-corrected chi connectivity index (χ4v) is 2.59. The average Bonchev–Trinajstić information content (AvgIpc) is 2.43. The van der Waals surface area contributed by atoms with Gasteiger partial charge >= 0.3 is 0 Å². The summed E-state index contributed by atoms with van der Waals surface area (Å²) in [7, 11) is 1.57. The van der Waals surface area contributed by atoms with Gasteiger partial charge in [0.1, 0.15) is 11.6 Å². The van der Waals surface area contributed by atoms with Gasteiger partial charge in [0.05, 0.1) is 11.6 Å². The predicted molar refractivity (Wildman–Crippen MR) is 66.2 cm³/mol. The lowest BCUT2D eigenvalue weighted by Gasteiger charge is -2.42. The van der Waals surface area contributed by atoms with Crippen molar-refractivity contribution in [3.8, 4) is 0 Å². The van der Waals surface area contributed by atoms with E-state index in [1.54, 1.807) is 7.11 Å². The van der Waals surface area contributed by atoms with Gasteiger partial charge in [-0.15, -0.1) is 0 Å². The molecule has 1 fully saturated rings. The van der Waals surface area contributed by atoms with Crippen molar-refractivity contribution in [1.82, 2.24) is 5.43 Å². The maximum absolute atomic E-state index is 13.9. The Balaban J connectivity index is 2.36. The van der Waals surface area contributed by atoms with E-state index in [4.69, 9.17) is 15.3 Å². The van der Waals surface area contributed by atoms with Crippen LogP contribution in [0.25, 0.3) is 0 Å². The number of benzene rings is 1. The normalized spacial score (nSPS) is 20.2. The highest BCUT2D eigenvalue weighted by molar-refractivity contribution is 5.25. The first-order valence-corrected chi connectivity index (χ1v) is 6.17. The van der Waals surface area contributed by atoms with E-state index in [0.717, 1.165) is 6.07 Å². The minimum Gasteiger partial charge on any atom is -0.381 e. The van der Waals surface area contributed by atoms with Crippen LogP contribution in [0, 0.1) is 11.6 Å². The second kappa shape index (κ2) is 5.92. The van der Waals surface area contributed by atoms with Gasteiger partial charge in [-0.3, -0.25) is 5.84 Å². The Bertz CT molecular complexity index is 437. The number of halogens is 2. The van der Waals surface area contributed by atoms with E-state index in [1.165, 1.54) is 12.1 Å². The molecule has 0 aromatic heterocycles. The molecule has 0 saturated carbocycles. The molecule has 19 heavy (non-hydrogen) atoms. The second-order valence-electron chi connectivity index (χ2n) is 4.65. The molecule has 4 nitrogen and oxygen atoms in total. The van der Waals surface area contributed by atoms with Crippen molar-refractivity contribution in [2.45, 2.75) is 24.5 Å². The number of rotatable bonds is 4. The summed E-state index contributed by atoms with van der Waals surface area (Å²) in [6.45, 7) is 1.05. The molecule has 0 spiro atoms. The molecule has 1 heterocycles. The lowest BCUT2D eigenvalue weighted by molar-refractivity contribution is -0.112. The van der Waals surface area contributed by atoms with Gasteiger partial charge in [-0.25, -0.2) is 14.2 Å². The Labute approximate surface area is 110 Å². The summed E-state index contributed by atoms with van der Waals surface area (Å²) in [5.74, 6) is 4.32. The quantitative estimate of drug-likeness (QED) is 0.646. The van der Waals surface area contributed by atoms with Crippen LogP contribution in [0.4, 0.5) is 8.78 Å². The summed E-state index contributed by atoms with van der Waals surface area (Å²) in [6.07, 6.45) is 1.18. The molecule has 1 unspecified atom stereocenters. The van der Waals surface area contributed by atoms with Gasteiger partial charge in [-0.2, -0.15) is 0 Å². The third-order valence-electron chi connectivity index (χ3n) is 3.71. The van der Waals surface area contributed by atoms with Gasteiger partial charge in [0, 0.05) is 44.8 Å². The molecule has 2 rings (SSSR count). The van der Waals surface area contributed by atoms with Crippen molar-refractivity contribution < 1.29 is 18.3 Å². The zero-order valence-electron chi connectivity index (χ0n) is 10.8. The Kier molecular flexibility index (Phi) is 4.46. The number of nitrogens with one attached hydrogen (secondary N) is 1. The van der Waals surface area contributed by atoms with Crippen molar-refractivity contribution in [1.29, 1.82) is 0 Å². The minimum absolute atomic E-state index is 0.299. The number of methoxy groups -OCH3 is 1. The fraction of sp³-hybridized carbons (Fsp3) is 0.538. The fourth-order valence-electron chi connectivity index (χ4n) is 2.59. The summed E-state index contributed by atoms with van der Waals surface area (Å²) in [4.78, 5) is 0. The third kappa shape index (κ3) is 2.76. The standard InChI is InChI=1S/C13H18F2N2O2/c1-18-13(4-6-19-7-5-13)12(17-16)10-3-2-9(14)8-11(10)15/h2-3,8,12,17H,4-7,16H2,1H3. The Hall–Kier alpha value is -1.08. The van der Waals surface area contributed by atoms with Gasteiger partial charge in [-0.1, -0.05) is 6.07 Å². The van der Waals surface area contributed by atoms with Crippen molar-refractivity contribution in [2.24, 2.45) is 5.84 Å². The molecular weight excluding hydrogens is 254 g/mol. The van der Waals surface area contributed by atoms with Crippen LogP contribution in [0.5, 0.6) is 0 Å². The first-order valence-electron chi connectivity index (χ1n) is 6.17. The topological polar surface area (TPSA) is 56.5 Å². The van der Waals surface area contributed by atoms with E-state index < -0.39 is 23.3 Å². The van der Waals surface area contributed by atoms with Crippen LogP contribution in [-0.4, -0.2) is 25.9 Å². The van der Waals surface area contributed by atoms with Crippen LogP contribution in [0.15, 0.2) is 18.2 Å². The molecule has 0 amide bonds. The van der Waals surface area contributed by atoms with Gasteiger partial charge in [-0.05, 0) is 6.07 Å². The zero-order chi connectivity index (χ0) is 13.9. The number of hydrogen-bond acceptors (Lipinski definition) is 4. The number of ether oxygens (including phenoxy) is 2. The van der Waals surface area contributed by atoms with E-state index in [2.05, 4.69) is 5.43 Å². The van der Waals surface area contributed by atoms with Crippen molar-refractivity contribution >= 4 is 0 Å². The summed E-state index contributed by atoms with van der Waals surface area (Å²) < 4.78 is 37.8. The summed E-state index contributed by atoms with van der Waals surface area (Å²) >= 11 is 0. The molecule has 106 valence electrons. The van der Waals surface area contributed by atoms with E-state index in [-0.39, 0.29) is 0 Å². The number of nitrogens with two attached hydrogens (primary N) is 1.